The number of aromatic carboxylic acids is 1. The summed E-state index contributed by atoms with van der Waals surface area (Å²) in [6.45, 7) is 0. The molecule has 2 unspecified atom stereocenters. The third-order valence-corrected chi connectivity index (χ3v) is 7.99. The zero-order valence-corrected chi connectivity index (χ0v) is 20.3. The van der Waals surface area contributed by atoms with Crippen LogP contribution in [0.4, 0.5) is 13.2 Å². The number of ether oxygens (including phenoxy) is 1. The lowest BCUT2D eigenvalue weighted by Gasteiger charge is -2.60. The van der Waals surface area contributed by atoms with Gasteiger partial charge >= 0.3 is 24.0 Å². The third-order valence-electron chi connectivity index (χ3n) is 6.56. The van der Waals surface area contributed by atoms with Crippen LogP contribution in [0.3, 0.4) is 0 Å². The molecule has 4 bridgehead atoms. The summed E-state index contributed by atoms with van der Waals surface area (Å²) < 4.78 is 45.5. The Kier molecular flexibility index (Phi) is 5.75. The van der Waals surface area contributed by atoms with Gasteiger partial charge in [0.05, 0.1) is 8.99 Å². The van der Waals surface area contributed by atoms with Gasteiger partial charge < -0.3 is 15.2 Å². The lowest BCUT2D eigenvalue weighted by atomic mass is 9.47. The van der Waals surface area contributed by atoms with E-state index < -0.39 is 35.0 Å². The van der Waals surface area contributed by atoms with Gasteiger partial charge in [-0.25, -0.2) is 4.79 Å². The Labute approximate surface area is 202 Å². The standard InChI is InChI=1S/C20H18F3I2NO5/c21-20(22,23)16(29)26-19-6-9-1-10(7-19)5-18(4-9,8-19)17(30)31-14-12(15(27)28)2-11(24)3-13(14)25/h2-3,9-10H,1,4-8H2,(H,26,29)(H,27,28). The molecule has 4 aliphatic rings. The largest absolute Gasteiger partial charge is 0.478 e. The van der Waals surface area contributed by atoms with Crippen LogP contribution in [0.1, 0.15) is 48.9 Å². The van der Waals surface area contributed by atoms with Crippen molar-refractivity contribution in [1.29, 1.82) is 0 Å². The number of hydrogen-bond acceptors (Lipinski definition) is 4. The zero-order valence-electron chi connectivity index (χ0n) is 16.0. The molecule has 1 aromatic rings. The molecular formula is C20H18F3I2NO5. The fourth-order valence-electron chi connectivity index (χ4n) is 5.98. The van der Waals surface area contributed by atoms with Gasteiger partial charge in [0.1, 0.15) is 5.56 Å². The fourth-order valence-corrected chi connectivity index (χ4v) is 7.94. The Balaban J connectivity index is 1.64. The van der Waals surface area contributed by atoms with Crippen molar-refractivity contribution in [2.75, 3.05) is 0 Å². The maximum Gasteiger partial charge on any atom is 0.471 e. The number of carbonyl (C=O) groups is 3. The highest BCUT2D eigenvalue weighted by Crippen LogP contribution is 2.62. The van der Waals surface area contributed by atoms with Crippen LogP contribution in [0, 0.1) is 24.4 Å². The first-order chi connectivity index (χ1) is 14.3. The number of alkyl halides is 3. The molecular weight excluding hydrogens is 645 g/mol. The Hall–Kier alpha value is -1.12. The minimum absolute atomic E-state index is 0.0112. The molecule has 0 heterocycles. The molecule has 2 atom stereocenters. The van der Waals surface area contributed by atoms with Gasteiger partial charge in [-0.3, -0.25) is 9.59 Å². The van der Waals surface area contributed by atoms with Crippen molar-refractivity contribution >= 4 is 63.0 Å². The third kappa shape index (κ3) is 4.27. The van der Waals surface area contributed by atoms with Crippen molar-refractivity contribution in [2.45, 2.75) is 50.2 Å². The lowest BCUT2D eigenvalue weighted by Crippen LogP contribution is -2.66. The molecule has 6 nitrogen and oxygen atoms in total. The summed E-state index contributed by atoms with van der Waals surface area (Å²) >= 11 is 3.86. The van der Waals surface area contributed by atoms with E-state index in [-0.39, 0.29) is 29.6 Å². The van der Waals surface area contributed by atoms with Crippen LogP contribution < -0.4 is 10.1 Å². The number of carboxylic acids is 1. The Morgan fingerprint density at radius 2 is 1.71 bits per heavy atom. The lowest BCUT2D eigenvalue weighted by molar-refractivity contribution is -0.184. The van der Waals surface area contributed by atoms with E-state index in [4.69, 9.17) is 4.74 Å². The minimum atomic E-state index is -5.00. The molecule has 5 rings (SSSR count). The van der Waals surface area contributed by atoms with Crippen molar-refractivity contribution in [3.05, 3.63) is 24.8 Å². The van der Waals surface area contributed by atoms with Crippen molar-refractivity contribution < 1.29 is 37.4 Å². The van der Waals surface area contributed by atoms with E-state index >= 15 is 0 Å². The number of rotatable bonds is 4. The van der Waals surface area contributed by atoms with Crippen molar-refractivity contribution in [2.24, 2.45) is 17.3 Å². The summed E-state index contributed by atoms with van der Waals surface area (Å²) in [5, 5.41) is 11.7. The van der Waals surface area contributed by atoms with E-state index in [9.17, 15) is 32.7 Å². The fraction of sp³-hybridized carbons (Fsp3) is 0.550. The summed E-state index contributed by atoms with van der Waals surface area (Å²) in [5.41, 5.74) is -2.27. The van der Waals surface area contributed by atoms with Crippen LogP contribution in [0.15, 0.2) is 12.1 Å². The van der Waals surface area contributed by atoms with Gasteiger partial charge in [-0.05, 0) is 108 Å². The van der Waals surface area contributed by atoms with Crippen molar-refractivity contribution in [3.8, 4) is 5.75 Å². The first-order valence-corrected chi connectivity index (χ1v) is 11.8. The van der Waals surface area contributed by atoms with E-state index in [1.165, 1.54) is 6.07 Å². The number of carboxylic acid groups (broad SMARTS) is 1. The molecule has 1 aromatic carbocycles. The average Bonchev–Trinajstić information content (AvgIpc) is 2.61. The predicted molar refractivity (Wildman–Crippen MR) is 119 cm³/mol. The first-order valence-electron chi connectivity index (χ1n) is 9.66. The van der Waals surface area contributed by atoms with Gasteiger partial charge in [0.25, 0.3) is 0 Å². The highest BCUT2D eigenvalue weighted by atomic mass is 127. The van der Waals surface area contributed by atoms with Crippen LogP contribution in [0.2, 0.25) is 0 Å². The Bertz CT molecular complexity index is 966. The van der Waals surface area contributed by atoms with E-state index in [0.29, 0.717) is 32.8 Å². The summed E-state index contributed by atoms with van der Waals surface area (Å²) in [6, 6.07) is 3.08. The maximum atomic E-state index is 13.3. The second kappa shape index (κ2) is 7.73. The molecule has 0 aromatic heterocycles. The first kappa shape index (κ1) is 23.1. The normalized spacial score (nSPS) is 31.4. The molecule has 1 amide bonds. The molecule has 168 valence electrons. The summed E-state index contributed by atoms with van der Waals surface area (Å²) in [7, 11) is 0. The van der Waals surface area contributed by atoms with Gasteiger partial charge in [-0.2, -0.15) is 13.2 Å². The molecule has 4 saturated carbocycles. The molecule has 4 fully saturated rings. The smallest absolute Gasteiger partial charge is 0.471 e. The van der Waals surface area contributed by atoms with Gasteiger partial charge in [0.2, 0.25) is 0 Å². The molecule has 0 spiro atoms. The maximum absolute atomic E-state index is 13.3. The van der Waals surface area contributed by atoms with Crippen LogP contribution in [-0.2, 0) is 9.59 Å². The van der Waals surface area contributed by atoms with Crippen LogP contribution in [-0.4, -0.2) is 34.7 Å². The molecule has 31 heavy (non-hydrogen) atoms. The average molecular weight is 663 g/mol. The van der Waals surface area contributed by atoms with Crippen molar-refractivity contribution in [1.82, 2.24) is 5.32 Å². The van der Waals surface area contributed by atoms with Gasteiger partial charge in [0, 0.05) is 9.11 Å². The van der Waals surface area contributed by atoms with E-state index in [2.05, 4.69) is 5.32 Å². The summed E-state index contributed by atoms with van der Waals surface area (Å²) in [6.07, 6.45) is -2.38. The van der Waals surface area contributed by atoms with E-state index in [1.807, 2.05) is 45.2 Å². The molecule has 2 N–H and O–H groups in total. The van der Waals surface area contributed by atoms with Crippen LogP contribution in [0.25, 0.3) is 0 Å². The second-order valence-corrected chi connectivity index (χ2v) is 11.3. The van der Waals surface area contributed by atoms with Gasteiger partial charge in [-0.1, -0.05) is 0 Å². The van der Waals surface area contributed by atoms with Crippen molar-refractivity contribution in [3.63, 3.8) is 0 Å². The predicted octanol–water partition coefficient (Wildman–Crippen LogP) is 4.52. The number of hydrogen-bond donors (Lipinski definition) is 2. The minimum Gasteiger partial charge on any atom is -0.478 e. The summed E-state index contributed by atoms with van der Waals surface area (Å²) in [5.74, 6) is -3.89. The Morgan fingerprint density at radius 3 is 2.26 bits per heavy atom. The van der Waals surface area contributed by atoms with Gasteiger partial charge in [-0.15, -0.1) is 0 Å². The number of benzene rings is 1. The topological polar surface area (TPSA) is 92.7 Å². The highest BCUT2D eigenvalue weighted by Gasteiger charge is 2.63. The molecule has 0 saturated heterocycles. The monoisotopic (exact) mass is 663 g/mol. The second-order valence-electron chi connectivity index (χ2n) is 8.93. The van der Waals surface area contributed by atoms with Gasteiger partial charge in [0.15, 0.2) is 5.75 Å². The summed E-state index contributed by atoms with van der Waals surface area (Å²) in [4.78, 5) is 36.7. The number of carbonyl (C=O) groups excluding carboxylic acids is 2. The highest BCUT2D eigenvalue weighted by molar-refractivity contribution is 14.1. The number of esters is 1. The van der Waals surface area contributed by atoms with Crippen LogP contribution in [0.5, 0.6) is 5.75 Å². The molecule has 0 radical (unpaired) electrons. The van der Waals surface area contributed by atoms with E-state index in [1.54, 1.807) is 6.07 Å². The van der Waals surface area contributed by atoms with E-state index in [0.717, 1.165) is 6.42 Å². The molecule has 0 aliphatic heterocycles. The number of amides is 1. The van der Waals surface area contributed by atoms with Crippen LogP contribution >= 0.6 is 45.2 Å². The molecule has 11 heteroatoms. The zero-order chi connectivity index (χ0) is 22.8. The molecule has 4 aliphatic carbocycles. The number of halogens is 5. The quantitative estimate of drug-likeness (QED) is 0.281. The Morgan fingerprint density at radius 1 is 1.10 bits per heavy atom. The number of nitrogens with one attached hydrogen (secondary N) is 1. The SMILES string of the molecule is O=C(O)c1cc(I)cc(I)c1OC(=O)C12CC3CC(CC(NC(=O)C(F)(F)F)(C3)C1)C2.